The molecule has 1 aliphatic heterocycles. The molecule has 5 heteroatoms. The Morgan fingerprint density at radius 2 is 2.18 bits per heavy atom. The van der Waals surface area contributed by atoms with Crippen molar-refractivity contribution in [1.82, 2.24) is 0 Å². The molecule has 1 saturated heterocycles. The van der Waals surface area contributed by atoms with Gasteiger partial charge in [-0.15, -0.1) is 0 Å². The molecule has 22 heavy (non-hydrogen) atoms. The van der Waals surface area contributed by atoms with Gasteiger partial charge in [0.15, 0.2) is 0 Å². The van der Waals surface area contributed by atoms with Crippen molar-refractivity contribution in [2.75, 3.05) is 25.2 Å². The van der Waals surface area contributed by atoms with Crippen molar-refractivity contribution in [2.24, 2.45) is 5.92 Å². The summed E-state index contributed by atoms with van der Waals surface area (Å²) in [6, 6.07) is 7.07. The molecule has 0 unspecified atom stereocenters. The molecular weight excluding hydrogens is 300 g/mol. The monoisotopic (exact) mass is 320 g/mol. The van der Waals surface area contributed by atoms with Gasteiger partial charge in [-0.05, 0) is 49.8 Å². The van der Waals surface area contributed by atoms with Crippen molar-refractivity contribution >= 4 is 23.2 Å². The largest absolute Gasteiger partial charge is 0.381 e. The predicted octanol–water partition coefficient (Wildman–Crippen LogP) is 3.77. The fourth-order valence-electron chi connectivity index (χ4n) is 2.76. The van der Waals surface area contributed by atoms with Crippen molar-refractivity contribution in [3.8, 4) is 6.07 Å². The molecule has 1 aromatic carbocycles. The summed E-state index contributed by atoms with van der Waals surface area (Å²) < 4.78 is 5.34. The zero-order valence-corrected chi connectivity index (χ0v) is 13.6. The number of carbonyl (C=O) groups is 1. The second-order valence-electron chi connectivity index (χ2n) is 5.67. The smallest absolute Gasteiger partial charge is 0.226 e. The van der Waals surface area contributed by atoms with Crippen LogP contribution in [-0.2, 0) is 9.53 Å². The maximum atomic E-state index is 12.3. The van der Waals surface area contributed by atoms with Crippen LogP contribution in [0.4, 0.5) is 5.69 Å². The van der Waals surface area contributed by atoms with Gasteiger partial charge in [-0.2, -0.15) is 5.26 Å². The number of halogens is 1. The van der Waals surface area contributed by atoms with Crippen molar-refractivity contribution in [3.63, 3.8) is 0 Å². The average Bonchev–Trinajstić information content (AvgIpc) is 2.55. The summed E-state index contributed by atoms with van der Waals surface area (Å²) in [7, 11) is 1.70. The Morgan fingerprint density at radius 1 is 1.45 bits per heavy atom. The van der Waals surface area contributed by atoms with E-state index in [0.717, 1.165) is 38.9 Å². The first-order chi connectivity index (χ1) is 10.6. The molecule has 0 radical (unpaired) electrons. The van der Waals surface area contributed by atoms with E-state index in [1.165, 1.54) is 4.90 Å². The molecule has 118 valence electrons. The van der Waals surface area contributed by atoms with E-state index in [-0.39, 0.29) is 5.91 Å². The summed E-state index contributed by atoms with van der Waals surface area (Å²) >= 11 is 5.97. The fourth-order valence-corrected chi connectivity index (χ4v) is 2.92. The topological polar surface area (TPSA) is 53.3 Å². The van der Waals surface area contributed by atoms with Gasteiger partial charge in [0, 0.05) is 31.7 Å². The molecule has 2 rings (SSSR count). The zero-order chi connectivity index (χ0) is 15.9. The van der Waals surface area contributed by atoms with Crippen LogP contribution in [0.15, 0.2) is 18.2 Å². The Labute approximate surface area is 136 Å². The SMILES string of the molecule is CN(C(=O)CCCC1CCOCC1)c1cc(Cl)ccc1C#N. The van der Waals surface area contributed by atoms with Gasteiger partial charge in [-0.1, -0.05) is 11.6 Å². The molecular formula is C17H21ClN2O2. The molecule has 1 aliphatic rings. The third kappa shape index (κ3) is 4.46. The summed E-state index contributed by atoms with van der Waals surface area (Å²) in [5.74, 6) is 0.693. The van der Waals surface area contributed by atoms with Crippen LogP contribution in [0.25, 0.3) is 0 Å². The number of rotatable bonds is 5. The van der Waals surface area contributed by atoms with Gasteiger partial charge < -0.3 is 9.64 Å². The van der Waals surface area contributed by atoms with Gasteiger partial charge in [0.2, 0.25) is 5.91 Å². The third-order valence-electron chi connectivity index (χ3n) is 4.16. The van der Waals surface area contributed by atoms with Crippen molar-refractivity contribution in [3.05, 3.63) is 28.8 Å². The highest BCUT2D eigenvalue weighted by atomic mass is 35.5. The quantitative estimate of drug-likeness (QED) is 0.829. The minimum atomic E-state index is 0.0193. The summed E-state index contributed by atoms with van der Waals surface area (Å²) in [6.07, 6.45) is 4.61. The Balaban J connectivity index is 1.89. The van der Waals surface area contributed by atoms with Gasteiger partial charge in [-0.3, -0.25) is 4.79 Å². The molecule has 0 aromatic heterocycles. The van der Waals surface area contributed by atoms with E-state index in [1.807, 2.05) is 0 Å². The van der Waals surface area contributed by atoms with Crippen LogP contribution < -0.4 is 4.90 Å². The molecule has 4 nitrogen and oxygen atoms in total. The lowest BCUT2D eigenvalue weighted by atomic mass is 9.94. The Morgan fingerprint density at radius 3 is 2.86 bits per heavy atom. The number of nitriles is 1. The number of hydrogen-bond acceptors (Lipinski definition) is 3. The first-order valence-corrected chi connectivity index (χ1v) is 8.03. The van der Waals surface area contributed by atoms with Gasteiger partial charge >= 0.3 is 0 Å². The number of carbonyl (C=O) groups excluding carboxylic acids is 1. The number of hydrogen-bond donors (Lipinski definition) is 0. The highest BCUT2D eigenvalue weighted by Gasteiger charge is 2.17. The van der Waals surface area contributed by atoms with E-state index in [4.69, 9.17) is 21.6 Å². The van der Waals surface area contributed by atoms with Crippen LogP contribution in [0.3, 0.4) is 0 Å². The average molecular weight is 321 g/mol. The lowest BCUT2D eigenvalue weighted by Gasteiger charge is -2.22. The molecule has 0 saturated carbocycles. The molecule has 0 spiro atoms. The van der Waals surface area contributed by atoms with E-state index < -0.39 is 0 Å². The summed E-state index contributed by atoms with van der Waals surface area (Å²) in [6.45, 7) is 1.68. The van der Waals surface area contributed by atoms with E-state index in [1.54, 1.807) is 25.2 Å². The Kier molecular flexibility index (Phi) is 6.23. The summed E-state index contributed by atoms with van der Waals surface area (Å²) in [5.41, 5.74) is 1.04. The maximum absolute atomic E-state index is 12.3. The van der Waals surface area contributed by atoms with Gasteiger partial charge in [0.1, 0.15) is 6.07 Å². The molecule has 1 heterocycles. The molecule has 0 aliphatic carbocycles. The van der Waals surface area contributed by atoms with Crippen LogP contribution in [0.5, 0.6) is 0 Å². The van der Waals surface area contributed by atoms with Crippen LogP contribution in [-0.4, -0.2) is 26.2 Å². The van der Waals surface area contributed by atoms with Crippen LogP contribution in [0, 0.1) is 17.2 Å². The third-order valence-corrected chi connectivity index (χ3v) is 4.39. The molecule has 0 N–H and O–H groups in total. The lowest BCUT2D eigenvalue weighted by molar-refractivity contribution is -0.118. The standard InChI is InChI=1S/C17H21ClN2O2/c1-20(16-11-15(18)6-5-14(16)12-19)17(21)4-2-3-13-7-9-22-10-8-13/h5-6,11,13H,2-4,7-10H2,1H3. The normalized spacial score (nSPS) is 15.3. The van der Waals surface area contributed by atoms with Gasteiger partial charge in [0.25, 0.3) is 0 Å². The van der Waals surface area contributed by atoms with E-state index in [0.29, 0.717) is 28.6 Å². The van der Waals surface area contributed by atoms with Crippen molar-refractivity contribution < 1.29 is 9.53 Å². The summed E-state index contributed by atoms with van der Waals surface area (Å²) in [5, 5.41) is 9.67. The Bertz CT molecular complexity index is 562. The van der Waals surface area contributed by atoms with E-state index >= 15 is 0 Å². The second-order valence-corrected chi connectivity index (χ2v) is 6.11. The van der Waals surface area contributed by atoms with Gasteiger partial charge in [-0.25, -0.2) is 0 Å². The van der Waals surface area contributed by atoms with Crippen LogP contribution >= 0.6 is 11.6 Å². The zero-order valence-electron chi connectivity index (χ0n) is 12.8. The molecule has 1 aromatic rings. The van der Waals surface area contributed by atoms with Crippen LogP contribution in [0.1, 0.15) is 37.7 Å². The molecule has 1 fully saturated rings. The molecule has 0 bridgehead atoms. The minimum absolute atomic E-state index is 0.0193. The highest BCUT2D eigenvalue weighted by molar-refractivity contribution is 6.31. The Hall–Kier alpha value is -1.57. The van der Waals surface area contributed by atoms with E-state index in [9.17, 15) is 4.79 Å². The number of anilines is 1. The predicted molar refractivity (Wildman–Crippen MR) is 87.0 cm³/mol. The number of benzene rings is 1. The fraction of sp³-hybridized carbons (Fsp3) is 0.529. The first kappa shape index (κ1) is 16.8. The summed E-state index contributed by atoms with van der Waals surface area (Å²) in [4.78, 5) is 13.8. The van der Waals surface area contributed by atoms with Crippen molar-refractivity contribution in [1.29, 1.82) is 5.26 Å². The number of nitrogens with zero attached hydrogens (tertiary/aromatic N) is 2. The number of amides is 1. The second kappa shape index (κ2) is 8.17. The lowest BCUT2D eigenvalue weighted by Crippen LogP contribution is -2.27. The molecule has 0 atom stereocenters. The van der Waals surface area contributed by atoms with Gasteiger partial charge in [0.05, 0.1) is 11.3 Å². The highest BCUT2D eigenvalue weighted by Crippen LogP contribution is 2.25. The van der Waals surface area contributed by atoms with Crippen molar-refractivity contribution in [2.45, 2.75) is 32.1 Å². The maximum Gasteiger partial charge on any atom is 0.226 e. The minimum Gasteiger partial charge on any atom is -0.381 e. The molecule has 1 amide bonds. The number of ether oxygens (including phenoxy) is 1. The van der Waals surface area contributed by atoms with Crippen LogP contribution in [0.2, 0.25) is 5.02 Å². The first-order valence-electron chi connectivity index (χ1n) is 7.65. The van der Waals surface area contributed by atoms with E-state index in [2.05, 4.69) is 6.07 Å².